The van der Waals surface area contributed by atoms with Gasteiger partial charge >= 0.3 is 0 Å². The average Bonchev–Trinajstić information content (AvgIpc) is 2.44. The molecule has 5 atom stereocenters. The maximum Gasteiger partial charge on any atom is 0.146 e. The molecule has 0 aromatic heterocycles. The van der Waals surface area contributed by atoms with Crippen LogP contribution in [0, 0.1) is 34.0 Å². The fraction of sp³-hybridized carbons (Fsp3) is 0.800. The summed E-state index contributed by atoms with van der Waals surface area (Å²) in [6, 6.07) is 0. The molecule has 0 bridgehead atoms. The van der Waals surface area contributed by atoms with Crippen LogP contribution in [-0.4, -0.2) is 12.6 Å². The molecule has 0 N–H and O–H groups in total. The summed E-state index contributed by atoms with van der Waals surface area (Å²) in [5, 5.41) is 0. The summed E-state index contributed by atoms with van der Waals surface area (Å²) in [7, 11) is 0. The standard InChI is InChI=1S/C20H30O2/c1-18(2)9-5-10-20(4)16(18)8-11-19(3)15(13-22)14(12-21)6-7-17(19)20/h6,12-13,15-17H,5,7-11H2,1-4H3/t15-,16+,17+,19-,20-/m0/s1. The molecular formula is C20H30O2. The van der Waals surface area contributed by atoms with E-state index in [1.807, 2.05) is 0 Å². The molecule has 0 heterocycles. The molecule has 0 radical (unpaired) electrons. The highest BCUT2D eigenvalue weighted by molar-refractivity contribution is 5.82. The maximum absolute atomic E-state index is 11.8. The van der Waals surface area contributed by atoms with Gasteiger partial charge in [-0.1, -0.05) is 40.2 Å². The molecule has 122 valence electrons. The third-order valence-electron chi connectivity index (χ3n) is 7.77. The van der Waals surface area contributed by atoms with Crippen molar-refractivity contribution < 1.29 is 9.59 Å². The highest BCUT2D eigenvalue weighted by atomic mass is 16.1. The van der Waals surface area contributed by atoms with Crippen molar-refractivity contribution in [3.8, 4) is 0 Å². The van der Waals surface area contributed by atoms with Crippen molar-refractivity contribution in [1.82, 2.24) is 0 Å². The van der Waals surface area contributed by atoms with Gasteiger partial charge in [0.05, 0.1) is 0 Å². The minimum absolute atomic E-state index is 0.0363. The van der Waals surface area contributed by atoms with Crippen molar-refractivity contribution in [1.29, 1.82) is 0 Å². The van der Waals surface area contributed by atoms with Crippen LogP contribution in [0.1, 0.15) is 66.2 Å². The Bertz CT molecular complexity index is 518. The van der Waals surface area contributed by atoms with Crippen molar-refractivity contribution in [2.24, 2.45) is 34.0 Å². The minimum atomic E-state index is -0.202. The lowest BCUT2D eigenvalue weighted by molar-refractivity contribution is -0.151. The number of carbonyl (C=O) groups excluding carboxylic acids is 2. The molecule has 2 fully saturated rings. The number of aldehydes is 2. The van der Waals surface area contributed by atoms with Crippen LogP contribution in [0.2, 0.25) is 0 Å². The van der Waals surface area contributed by atoms with Gasteiger partial charge in [-0.05, 0) is 65.8 Å². The Kier molecular flexibility index (Phi) is 3.66. The van der Waals surface area contributed by atoms with E-state index in [-0.39, 0.29) is 11.3 Å². The molecule has 22 heavy (non-hydrogen) atoms. The first kappa shape index (κ1) is 16.0. The van der Waals surface area contributed by atoms with Crippen LogP contribution < -0.4 is 0 Å². The van der Waals surface area contributed by atoms with Gasteiger partial charge in [-0.15, -0.1) is 0 Å². The summed E-state index contributed by atoms with van der Waals surface area (Å²) < 4.78 is 0. The first-order valence-electron chi connectivity index (χ1n) is 8.90. The van der Waals surface area contributed by atoms with Gasteiger partial charge in [0.25, 0.3) is 0 Å². The lowest BCUT2D eigenvalue weighted by Crippen LogP contribution is -2.58. The van der Waals surface area contributed by atoms with Crippen LogP contribution in [0.15, 0.2) is 11.6 Å². The lowest BCUT2D eigenvalue weighted by atomic mass is 9.40. The van der Waals surface area contributed by atoms with E-state index >= 15 is 0 Å². The number of allylic oxidation sites excluding steroid dienone is 2. The summed E-state index contributed by atoms with van der Waals surface area (Å²) in [6.45, 7) is 9.62. The van der Waals surface area contributed by atoms with E-state index in [0.29, 0.717) is 16.7 Å². The molecule has 3 rings (SSSR count). The zero-order valence-electron chi connectivity index (χ0n) is 14.5. The zero-order valence-corrected chi connectivity index (χ0v) is 14.5. The fourth-order valence-electron chi connectivity index (χ4n) is 6.71. The van der Waals surface area contributed by atoms with Gasteiger partial charge in [-0.2, -0.15) is 0 Å². The van der Waals surface area contributed by atoms with Crippen molar-refractivity contribution in [2.75, 3.05) is 0 Å². The summed E-state index contributed by atoms with van der Waals surface area (Å²) in [5.41, 5.74) is 1.40. The highest BCUT2D eigenvalue weighted by Crippen LogP contribution is 2.67. The predicted molar refractivity (Wildman–Crippen MR) is 88.4 cm³/mol. The Labute approximate surface area is 134 Å². The Morgan fingerprint density at radius 2 is 1.73 bits per heavy atom. The normalized spacial score (nSPS) is 46.9. The number of fused-ring (bicyclic) bond motifs is 3. The number of hydrogen-bond donors (Lipinski definition) is 0. The molecule has 0 saturated heterocycles. The van der Waals surface area contributed by atoms with Gasteiger partial charge in [-0.25, -0.2) is 0 Å². The largest absolute Gasteiger partial charge is 0.303 e. The van der Waals surface area contributed by atoms with E-state index in [4.69, 9.17) is 0 Å². The molecule has 2 nitrogen and oxygen atoms in total. The third kappa shape index (κ3) is 1.98. The van der Waals surface area contributed by atoms with E-state index < -0.39 is 0 Å². The molecule has 3 aliphatic rings. The van der Waals surface area contributed by atoms with Crippen molar-refractivity contribution in [2.45, 2.75) is 66.2 Å². The number of rotatable bonds is 2. The van der Waals surface area contributed by atoms with Gasteiger partial charge in [0, 0.05) is 5.92 Å². The summed E-state index contributed by atoms with van der Waals surface area (Å²) in [4.78, 5) is 23.2. The number of hydrogen-bond acceptors (Lipinski definition) is 2. The second kappa shape index (κ2) is 5.04. The topological polar surface area (TPSA) is 34.1 Å². The Hall–Kier alpha value is -0.920. The van der Waals surface area contributed by atoms with E-state index in [0.717, 1.165) is 36.9 Å². The monoisotopic (exact) mass is 302 g/mol. The average molecular weight is 302 g/mol. The Morgan fingerprint density at radius 1 is 1.00 bits per heavy atom. The zero-order chi connectivity index (χ0) is 16.2. The Balaban J connectivity index is 2.06. The molecule has 0 amide bonds. The van der Waals surface area contributed by atoms with E-state index in [2.05, 4.69) is 33.8 Å². The van der Waals surface area contributed by atoms with Gasteiger partial charge in [0.15, 0.2) is 0 Å². The molecule has 0 aromatic rings. The molecule has 3 aliphatic carbocycles. The van der Waals surface area contributed by atoms with Crippen LogP contribution in [0.4, 0.5) is 0 Å². The van der Waals surface area contributed by atoms with Crippen molar-refractivity contribution in [3.05, 3.63) is 11.6 Å². The second-order valence-corrected chi connectivity index (χ2v) is 9.17. The molecule has 0 spiro atoms. The van der Waals surface area contributed by atoms with Crippen molar-refractivity contribution >= 4 is 12.6 Å². The summed E-state index contributed by atoms with van der Waals surface area (Å²) >= 11 is 0. The molecule has 0 aromatic carbocycles. The molecular weight excluding hydrogens is 272 g/mol. The number of carbonyl (C=O) groups is 2. The quantitative estimate of drug-likeness (QED) is 0.700. The maximum atomic E-state index is 11.8. The second-order valence-electron chi connectivity index (χ2n) is 9.17. The van der Waals surface area contributed by atoms with Crippen LogP contribution in [0.3, 0.4) is 0 Å². The summed E-state index contributed by atoms with van der Waals surface area (Å²) in [6.07, 6.45) is 11.2. The molecule has 0 unspecified atom stereocenters. The van der Waals surface area contributed by atoms with Gasteiger partial charge in [-0.3, -0.25) is 4.79 Å². The smallest absolute Gasteiger partial charge is 0.146 e. The summed E-state index contributed by atoms with van der Waals surface area (Å²) in [5.74, 6) is 1.06. The van der Waals surface area contributed by atoms with Gasteiger partial charge in [0.2, 0.25) is 0 Å². The van der Waals surface area contributed by atoms with Crippen molar-refractivity contribution in [3.63, 3.8) is 0 Å². The highest BCUT2D eigenvalue weighted by Gasteiger charge is 2.60. The van der Waals surface area contributed by atoms with Crippen LogP contribution in [-0.2, 0) is 9.59 Å². The SMILES string of the molecule is CC1(C)CCC[C@]2(C)[C@@H]3CC=C(C=O)[C@H](C=O)[C@]3(C)CC[C@H]12. The fourth-order valence-corrected chi connectivity index (χ4v) is 6.71. The first-order chi connectivity index (χ1) is 10.3. The first-order valence-corrected chi connectivity index (χ1v) is 8.90. The van der Waals surface area contributed by atoms with Gasteiger partial charge < -0.3 is 4.79 Å². The predicted octanol–water partition coefficient (Wildman–Crippen LogP) is 4.58. The van der Waals surface area contributed by atoms with E-state index in [1.165, 1.54) is 25.7 Å². The van der Waals surface area contributed by atoms with Crippen LogP contribution in [0.5, 0.6) is 0 Å². The van der Waals surface area contributed by atoms with E-state index in [1.54, 1.807) is 0 Å². The van der Waals surface area contributed by atoms with Crippen LogP contribution >= 0.6 is 0 Å². The molecule has 2 heteroatoms. The molecule has 0 aliphatic heterocycles. The van der Waals surface area contributed by atoms with Crippen LogP contribution in [0.25, 0.3) is 0 Å². The van der Waals surface area contributed by atoms with E-state index in [9.17, 15) is 9.59 Å². The minimum Gasteiger partial charge on any atom is -0.303 e. The van der Waals surface area contributed by atoms with Gasteiger partial charge in [0.1, 0.15) is 12.6 Å². The third-order valence-corrected chi connectivity index (χ3v) is 7.77. The molecule has 2 saturated carbocycles. The lowest BCUT2D eigenvalue weighted by Gasteiger charge is -2.64. The Morgan fingerprint density at radius 3 is 2.36 bits per heavy atom.